The van der Waals surface area contributed by atoms with Gasteiger partial charge in [0, 0.05) is 11.0 Å². The fraction of sp³-hybridized carbons (Fsp3) is 0.500. The number of rotatable bonds is 1. The van der Waals surface area contributed by atoms with Crippen LogP contribution in [0, 0.1) is 11.7 Å². The van der Waals surface area contributed by atoms with Gasteiger partial charge in [0.1, 0.15) is 5.82 Å². The Morgan fingerprint density at radius 3 is 2.81 bits per heavy atom. The van der Waals surface area contributed by atoms with Gasteiger partial charge in [-0.2, -0.15) is 11.8 Å². The molecule has 0 amide bonds. The summed E-state index contributed by atoms with van der Waals surface area (Å²) in [5.74, 6) is 0.719. The minimum absolute atomic E-state index is 0.0900. The monoisotopic (exact) mass is 260 g/mol. The molecule has 1 heterocycles. The molecule has 0 spiro atoms. The third kappa shape index (κ3) is 2.08. The van der Waals surface area contributed by atoms with Gasteiger partial charge in [-0.15, -0.1) is 0 Å². The van der Waals surface area contributed by atoms with Gasteiger partial charge in [-0.1, -0.05) is 25.4 Å². The minimum Gasteiger partial charge on any atom is -0.387 e. The molecule has 2 unspecified atom stereocenters. The molecule has 0 aromatic heterocycles. The summed E-state index contributed by atoms with van der Waals surface area (Å²) >= 11 is 7.42. The molecular formula is C12H14ClFOS. The summed E-state index contributed by atoms with van der Waals surface area (Å²) in [6.45, 7) is 4.16. The van der Waals surface area contributed by atoms with E-state index >= 15 is 0 Å². The van der Waals surface area contributed by atoms with E-state index in [1.54, 1.807) is 17.8 Å². The van der Waals surface area contributed by atoms with Crippen LogP contribution in [0.4, 0.5) is 4.39 Å². The molecule has 1 aromatic carbocycles. The maximum Gasteiger partial charge on any atom is 0.142 e. The fourth-order valence-corrected chi connectivity index (χ4v) is 3.52. The van der Waals surface area contributed by atoms with Crippen molar-refractivity contribution in [1.29, 1.82) is 0 Å². The molecule has 0 bridgehead atoms. The molecule has 1 N–H and O–H groups in total. The van der Waals surface area contributed by atoms with E-state index in [0.29, 0.717) is 5.92 Å². The highest BCUT2D eigenvalue weighted by Gasteiger charge is 2.31. The molecule has 1 nitrogen and oxygen atoms in total. The van der Waals surface area contributed by atoms with Crippen LogP contribution in [-0.4, -0.2) is 10.4 Å². The summed E-state index contributed by atoms with van der Waals surface area (Å²) in [5, 5.41) is 10.5. The van der Waals surface area contributed by atoms with Gasteiger partial charge in [0.15, 0.2) is 0 Å². The quantitative estimate of drug-likeness (QED) is 0.829. The lowest BCUT2D eigenvalue weighted by molar-refractivity contribution is 0.155. The van der Waals surface area contributed by atoms with Gasteiger partial charge in [0.05, 0.1) is 11.1 Å². The normalized spacial score (nSPS) is 24.6. The van der Waals surface area contributed by atoms with Gasteiger partial charge in [0.25, 0.3) is 0 Å². The third-order valence-electron chi connectivity index (χ3n) is 2.90. The van der Waals surface area contributed by atoms with E-state index in [9.17, 15) is 9.50 Å². The maximum absolute atomic E-state index is 13.3. The second-order valence-electron chi connectivity index (χ2n) is 4.43. The molecule has 0 aliphatic carbocycles. The average molecular weight is 261 g/mol. The van der Waals surface area contributed by atoms with Crippen LogP contribution in [0.3, 0.4) is 0 Å². The smallest absolute Gasteiger partial charge is 0.142 e. The Kier molecular flexibility index (Phi) is 3.48. The number of thioether (sulfide) groups is 1. The molecule has 4 heteroatoms. The lowest BCUT2D eigenvalue weighted by atomic mass is 9.95. The van der Waals surface area contributed by atoms with Crippen LogP contribution in [0.1, 0.15) is 31.1 Å². The van der Waals surface area contributed by atoms with Gasteiger partial charge in [0.2, 0.25) is 0 Å². The average Bonchev–Trinajstić information content (AvgIpc) is 2.21. The van der Waals surface area contributed by atoms with E-state index in [1.165, 1.54) is 6.07 Å². The Labute approximate surface area is 104 Å². The van der Waals surface area contributed by atoms with Gasteiger partial charge < -0.3 is 5.11 Å². The van der Waals surface area contributed by atoms with E-state index in [-0.39, 0.29) is 10.3 Å². The van der Waals surface area contributed by atoms with Crippen molar-refractivity contribution < 1.29 is 9.50 Å². The van der Waals surface area contributed by atoms with E-state index in [4.69, 9.17) is 11.6 Å². The first kappa shape index (κ1) is 12.2. The van der Waals surface area contributed by atoms with Crippen LogP contribution in [-0.2, 0) is 5.75 Å². The van der Waals surface area contributed by atoms with Crippen LogP contribution in [0.2, 0.25) is 5.02 Å². The van der Waals surface area contributed by atoms with Crippen LogP contribution in [0.15, 0.2) is 12.1 Å². The van der Waals surface area contributed by atoms with Gasteiger partial charge in [-0.25, -0.2) is 4.39 Å². The van der Waals surface area contributed by atoms with Crippen molar-refractivity contribution in [2.24, 2.45) is 5.92 Å². The molecule has 0 saturated carbocycles. The third-order valence-corrected chi connectivity index (χ3v) is 4.85. The molecule has 1 aliphatic rings. The van der Waals surface area contributed by atoms with Crippen molar-refractivity contribution in [3.05, 3.63) is 34.1 Å². The molecule has 0 radical (unpaired) electrons. The predicted molar refractivity (Wildman–Crippen MR) is 66.3 cm³/mol. The number of hydrogen-bond acceptors (Lipinski definition) is 2. The number of aliphatic hydroxyl groups is 1. The largest absolute Gasteiger partial charge is 0.387 e. The Hall–Kier alpha value is -0.250. The van der Waals surface area contributed by atoms with Crippen LogP contribution >= 0.6 is 23.4 Å². The SMILES string of the molecule is CC(C)C1SCc2cc(F)c(Cl)cc2C1O. The number of fused-ring (bicyclic) bond motifs is 1. The van der Waals surface area contributed by atoms with E-state index in [1.807, 2.05) is 0 Å². The zero-order valence-corrected chi connectivity index (χ0v) is 10.8. The number of aliphatic hydroxyl groups excluding tert-OH is 1. The molecule has 1 aromatic rings. The standard InChI is InChI=1S/C12H14ClFOS/c1-6(2)12-11(15)8-4-9(13)10(14)3-7(8)5-16-12/h3-4,6,11-12,15H,5H2,1-2H3. The van der Waals surface area contributed by atoms with Crippen molar-refractivity contribution in [2.45, 2.75) is 31.0 Å². The zero-order chi connectivity index (χ0) is 11.9. The molecule has 16 heavy (non-hydrogen) atoms. The highest BCUT2D eigenvalue weighted by atomic mass is 35.5. The van der Waals surface area contributed by atoms with Crippen molar-refractivity contribution >= 4 is 23.4 Å². The Balaban J connectivity index is 2.41. The molecule has 0 saturated heterocycles. The number of halogens is 2. The van der Waals surface area contributed by atoms with Crippen molar-refractivity contribution in [3.8, 4) is 0 Å². The topological polar surface area (TPSA) is 20.2 Å². The lowest BCUT2D eigenvalue weighted by Crippen LogP contribution is -2.26. The van der Waals surface area contributed by atoms with Crippen LogP contribution in [0.25, 0.3) is 0 Å². The molecular weight excluding hydrogens is 247 g/mol. The van der Waals surface area contributed by atoms with Crippen molar-refractivity contribution in [2.75, 3.05) is 0 Å². The van der Waals surface area contributed by atoms with Gasteiger partial charge in [-0.3, -0.25) is 0 Å². The fourth-order valence-electron chi connectivity index (χ4n) is 2.01. The maximum atomic E-state index is 13.3. The van der Waals surface area contributed by atoms with E-state index in [2.05, 4.69) is 13.8 Å². The van der Waals surface area contributed by atoms with E-state index in [0.717, 1.165) is 16.9 Å². The highest BCUT2D eigenvalue weighted by molar-refractivity contribution is 7.99. The van der Waals surface area contributed by atoms with E-state index < -0.39 is 11.9 Å². The molecule has 88 valence electrons. The van der Waals surface area contributed by atoms with Gasteiger partial charge in [-0.05, 0) is 29.2 Å². The number of hydrogen-bond donors (Lipinski definition) is 1. The first-order valence-electron chi connectivity index (χ1n) is 5.28. The first-order valence-corrected chi connectivity index (χ1v) is 6.71. The second kappa shape index (κ2) is 4.55. The molecule has 0 fully saturated rings. The minimum atomic E-state index is -0.549. The number of benzene rings is 1. The predicted octanol–water partition coefficient (Wildman–Crippen LogP) is 3.78. The second-order valence-corrected chi connectivity index (χ2v) is 6.00. The molecule has 2 atom stereocenters. The van der Waals surface area contributed by atoms with Crippen molar-refractivity contribution in [3.63, 3.8) is 0 Å². The summed E-state index contributed by atoms with van der Waals surface area (Å²) in [6, 6.07) is 3.00. The zero-order valence-electron chi connectivity index (χ0n) is 9.21. The lowest BCUT2D eigenvalue weighted by Gasteiger charge is -2.32. The first-order chi connectivity index (χ1) is 7.50. The molecule has 1 aliphatic heterocycles. The summed E-state index contributed by atoms with van der Waals surface area (Å²) in [4.78, 5) is 0. The Morgan fingerprint density at radius 2 is 2.19 bits per heavy atom. The molecule has 2 rings (SSSR count). The van der Waals surface area contributed by atoms with Crippen LogP contribution < -0.4 is 0 Å². The van der Waals surface area contributed by atoms with Gasteiger partial charge >= 0.3 is 0 Å². The highest BCUT2D eigenvalue weighted by Crippen LogP contribution is 2.42. The summed E-state index contributed by atoms with van der Waals surface area (Å²) in [5.41, 5.74) is 1.64. The Morgan fingerprint density at radius 1 is 1.50 bits per heavy atom. The Bertz CT molecular complexity index is 408. The summed E-state index contributed by atoms with van der Waals surface area (Å²) in [6.07, 6.45) is -0.549. The van der Waals surface area contributed by atoms with Crippen molar-refractivity contribution in [1.82, 2.24) is 0 Å². The summed E-state index contributed by atoms with van der Waals surface area (Å²) < 4.78 is 13.3. The van der Waals surface area contributed by atoms with Crippen LogP contribution in [0.5, 0.6) is 0 Å². The summed E-state index contributed by atoms with van der Waals surface area (Å²) in [7, 11) is 0.